The number of carbonyl (C=O) groups is 1. The van der Waals surface area contributed by atoms with Crippen LogP contribution in [0.15, 0.2) is 23.0 Å². The Morgan fingerprint density at radius 2 is 2.05 bits per heavy atom. The molecule has 0 spiro atoms. The van der Waals surface area contributed by atoms with Crippen LogP contribution in [0.4, 0.5) is 0 Å². The summed E-state index contributed by atoms with van der Waals surface area (Å²) in [5, 5.41) is 9.94. The summed E-state index contributed by atoms with van der Waals surface area (Å²) in [5.41, 5.74) is -0.232. The largest absolute Gasteiger partial charge is 0.489 e. The summed E-state index contributed by atoms with van der Waals surface area (Å²) >= 11 is 11.8. The van der Waals surface area contributed by atoms with Crippen molar-refractivity contribution < 1.29 is 14.6 Å². The number of aromatic carboxylic acids is 1. The number of aromatic nitrogens is 2. The lowest BCUT2D eigenvalue weighted by Crippen LogP contribution is -2.27. The number of rotatable bonds is 4. The summed E-state index contributed by atoms with van der Waals surface area (Å²) in [4.78, 5) is 27.4. The van der Waals surface area contributed by atoms with Crippen molar-refractivity contribution in [1.82, 2.24) is 9.55 Å². The van der Waals surface area contributed by atoms with Crippen molar-refractivity contribution >= 4 is 29.2 Å². The van der Waals surface area contributed by atoms with Gasteiger partial charge in [0.2, 0.25) is 5.75 Å². The number of hydrogen-bond acceptors (Lipinski definition) is 4. The molecule has 6 nitrogen and oxygen atoms in total. The van der Waals surface area contributed by atoms with Gasteiger partial charge in [0, 0.05) is 13.5 Å². The minimum atomic E-state index is -1.33. The van der Waals surface area contributed by atoms with Gasteiger partial charge in [-0.2, -0.15) is 0 Å². The van der Waals surface area contributed by atoms with Crippen LogP contribution < -0.4 is 10.3 Å². The number of carboxylic acids is 1. The van der Waals surface area contributed by atoms with Gasteiger partial charge in [-0.15, -0.1) is 0 Å². The number of benzene rings is 1. The predicted octanol–water partition coefficient (Wildman–Crippen LogP) is 2.38. The SMILES string of the molecule is COc1c(C(=O)O)nc(Cc2ccc(Cl)c(Cl)c2)n(C)c1=O. The summed E-state index contributed by atoms with van der Waals surface area (Å²) in [6.07, 6.45) is 0.229. The molecule has 1 aromatic heterocycles. The Balaban J connectivity index is 2.53. The average Bonchev–Trinajstić information content (AvgIpc) is 2.47. The van der Waals surface area contributed by atoms with Crippen LogP contribution in [0.1, 0.15) is 21.9 Å². The maximum atomic E-state index is 12.1. The third-order valence-electron chi connectivity index (χ3n) is 3.09. The lowest BCUT2D eigenvalue weighted by Gasteiger charge is -2.12. The van der Waals surface area contributed by atoms with E-state index in [9.17, 15) is 9.59 Å². The van der Waals surface area contributed by atoms with Gasteiger partial charge in [0.15, 0.2) is 5.69 Å². The molecule has 0 amide bonds. The maximum Gasteiger partial charge on any atom is 0.358 e. The van der Waals surface area contributed by atoms with Crippen molar-refractivity contribution in [2.45, 2.75) is 6.42 Å². The molecule has 0 aliphatic carbocycles. The van der Waals surface area contributed by atoms with Gasteiger partial charge in [-0.3, -0.25) is 9.36 Å². The molecule has 1 aromatic carbocycles. The van der Waals surface area contributed by atoms with Crippen LogP contribution in [-0.4, -0.2) is 27.7 Å². The molecule has 1 N–H and O–H groups in total. The highest BCUT2D eigenvalue weighted by atomic mass is 35.5. The zero-order chi connectivity index (χ0) is 16.4. The molecule has 116 valence electrons. The molecule has 0 saturated heterocycles. The highest BCUT2D eigenvalue weighted by molar-refractivity contribution is 6.42. The van der Waals surface area contributed by atoms with Crippen molar-refractivity contribution in [3.8, 4) is 5.75 Å². The van der Waals surface area contributed by atoms with E-state index in [4.69, 9.17) is 33.0 Å². The van der Waals surface area contributed by atoms with Crippen molar-refractivity contribution in [3.05, 3.63) is 55.7 Å². The molecule has 0 saturated carbocycles. The van der Waals surface area contributed by atoms with Gasteiger partial charge in [0.1, 0.15) is 5.82 Å². The first-order chi connectivity index (χ1) is 10.3. The van der Waals surface area contributed by atoms with E-state index < -0.39 is 17.2 Å². The van der Waals surface area contributed by atoms with Crippen LogP contribution in [-0.2, 0) is 13.5 Å². The number of carboxylic acid groups (broad SMARTS) is 1. The lowest BCUT2D eigenvalue weighted by molar-refractivity contribution is 0.0685. The maximum absolute atomic E-state index is 12.1. The fraction of sp³-hybridized carbons (Fsp3) is 0.214. The van der Waals surface area contributed by atoms with E-state index in [0.29, 0.717) is 10.0 Å². The fourth-order valence-corrected chi connectivity index (χ4v) is 2.27. The van der Waals surface area contributed by atoms with Gasteiger partial charge in [-0.1, -0.05) is 29.3 Å². The molecular formula is C14H12Cl2N2O4. The molecule has 0 radical (unpaired) electrons. The van der Waals surface area contributed by atoms with Crippen LogP contribution in [0.5, 0.6) is 5.75 Å². The minimum absolute atomic E-state index is 0.229. The van der Waals surface area contributed by atoms with Gasteiger partial charge in [-0.05, 0) is 17.7 Å². The Hall–Kier alpha value is -2.05. The quantitative estimate of drug-likeness (QED) is 0.922. The van der Waals surface area contributed by atoms with Crippen molar-refractivity contribution in [3.63, 3.8) is 0 Å². The Morgan fingerprint density at radius 3 is 2.59 bits per heavy atom. The van der Waals surface area contributed by atoms with E-state index in [-0.39, 0.29) is 18.0 Å². The van der Waals surface area contributed by atoms with Crippen LogP contribution in [0.3, 0.4) is 0 Å². The Morgan fingerprint density at radius 1 is 1.36 bits per heavy atom. The third-order valence-corrected chi connectivity index (χ3v) is 3.83. The first-order valence-corrected chi connectivity index (χ1v) is 6.91. The molecule has 0 unspecified atom stereocenters. The monoisotopic (exact) mass is 342 g/mol. The molecule has 0 aliphatic rings. The smallest absolute Gasteiger partial charge is 0.358 e. The van der Waals surface area contributed by atoms with Crippen LogP contribution in [0, 0.1) is 0 Å². The molecule has 0 aliphatic heterocycles. The molecule has 0 bridgehead atoms. The van der Waals surface area contributed by atoms with E-state index in [0.717, 1.165) is 5.56 Å². The van der Waals surface area contributed by atoms with E-state index in [1.165, 1.54) is 18.7 Å². The normalized spacial score (nSPS) is 10.5. The highest BCUT2D eigenvalue weighted by Gasteiger charge is 2.20. The zero-order valence-corrected chi connectivity index (χ0v) is 13.3. The molecule has 2 aromatic rings. The molecule has 2 rings (SSSR count). The second kappa shape index (κ2) is 6.37. The number of nitrogens with zero attached hydrogens (tertiary/aromatic N) is 2. The average molecular weight is 343 g/mol. The summed E-state index contributed by atoms with van der Waals surface area (Å²) in [6.45, 7) is 0. The summed E-state index contributed by atoms with van der Waals surface area (Å²) < 4.78 is 6.09. The summed E-state index contributed by atoms with van der Waals surface area (Å²) in [5.74, 6) is -1.35. The second-order valence-corrected chi connectivity index (χ2v) is 5.32. The van der Waals surface area contributed by atoms with E-state index >= 15 is 0 Å². The van der Waals surface area contributed by atoms with Gasteiger partial charge in [0.05, 0.1) is 17.2 Å². The van der Waals surface area contributed by atoms with Crippen molar-refractivity contribution in [1.29, 1.82) is 0 Å². The Bertz CT molecular complexity index is 802. The first kappa shape index (κ1) is 16.3. The molecule has 22 heavy (non-hydrogen) atoms. The van der Waals surface area contributed by atoms with Crippen LogP contribution in [0.25, 0.3) is 0 Å². The van der Waals surface area contributed by atoms with Gasteiger partial charge < -0.3 is 9.84 Å². The molecule has 1 heterocycles. The Kier molecular flexibility index (Phi) is 4.73. The van der Waals surface area contributed by atoms with Gasteiger partial charge >= 0.3 is 5.97 Å². The molecule has 8 heteroatoms. The number of halogens is 2. The van der Waals surface area contributed by atoms with Crippen molar-refractivity contribution in [2.24, 2.45) is 7.05 Å². The van der Waals surface area contributed by atoms with E-state index in [2.05, 4.69) is 4.98 Å². The third kappa shape index (κ3) is 3.08. The number of hydrogen-bond donors (Lipinski definition) is 1. The number of methoxy groups -OCH3 is 1. The predicted molar refractivity (Wildman–Crippen MR) is 82.3 cm³/mol. The lowest BCUT2D eigenvalue weighted by atomic mass is 10.1. The standard InChI is InChI=1S/C14H12Cl2N2O4/c1-18-10(6-7-3-4-8(15)9(16)5-7)17-11(14(20)21)12(22-2)13(18)19/h3-5H,6H2,1-2H3,(H,20,21). The highest BCUT2D eigenvalue weighted by Crippen LogP contribution is 2.23. The number of ether oxygens (including phenoxy) is 1. The summed E-state index contributed by atoms with van der Waals surface area (Å²) in [7, 11) is 2.72. The zero-order valence-electron chi connectivity index (χ0n) is 11.8. The van der Waals surface area contributed by atoms with E-state index in [1.807, 2.05) is 0 Å². The van der Waals surface area contributed by atoms with Gasteiger partial charge in [0.25, 0.3) is 5.56 Å². The van der Waals surface area contributed by atoms with Crippen molar-refractivity contribution in [2.75, 3.05) is 7.11 Å². The van der Waals surface area contributed by atoms with Crippen LogP contribution in [0.2, 0.25) is 10.0 Å². The molecule has 0 fully saturated rings. The first-order valence-electron chi connectivity index (χ1n) is 6.16. The minimum Gasteiger partial charge on any atom is -0.489 e. The van der Waals surface area contributed by atoms with E-state index in [1.54, 1.807) is 18.2 Å². The van der Waals surface area contributed by atoms with Crippen LogP contribution >= 0.6 is 23.2 Å². The fourth-order valence-electron chi connectivity index (χ4n) is 1.94. The Labute approximate surface area is 135 Å². The molecular weight excluding hydrogens is 331 g/mol. The topological polar surface area (TPSA) is 81.4 Å². The summed E-state index contributed by atoms with van der Waals surface area (Å²) in [6, 6.07) is 4.99. The second-order valence-electron chi connectivity index (χ2n) is 4.50. The molecule has 0 atom stereocenters. The van der Waals surface area contributed by atoms with Gasteiger partial charge in [-0.25, -0.2) is 9.78 Å².